The van der Waals surface area contributed by atoms with Crippen LogP contribution in [0.5, 0.6) is 0 Å². The normalized spacial score (nSPS) is 11.3. The molecule has 18 heavy (non-hydrogen) atoms. The van der Waals surface area contributed by atoms with Crippen LogP contribution in [0.1, 0.15) is 33.1 Å². The van der Waals surface area contributed by atoms with Crippen LogP contribution < -0.4 is 5.32 Å². The fourth-order valence-electron chi connectivity index (χ4n) is 1.45. The third kappa shape index (κ3) is 15.8. The van der Waals surface area contributed by atoms with Crippen LogP contribution in [0, 0.1) is 5.92 Å². The first kappa shape index (κ1) is 17.8. The summed E-state index contributed by atoms with van der Waals surface area (Å²) in [7, 11) is 1.68. The minimum Gasteiger partial charge on any atom is -0.382 e. The highest BCUT2D eigenvalue weighted by Crippen LogP contribution is 1.92. The molecule has 0 aromatic rings. The molecule has 0 radical (unpaired) electrons. The molecule has 0 aromatic carbocycles. The van der Waals surface area contributed by atoms with Gasteiger partial charge < -0.3 is 19.5 Å². The summed E-state index contributed by atoms with van der Waals surface area (Å²) in [5.74, 6) is 0.736. The van der Waals surface area contributed by atoms with E-state index < -0.39 is 0 Å². The van der Waals surface area contributed by atoms with Crippen LogP contribution >= 0.6 is 0 Å². The summed E-state index contributed by atoms with van der Waals surface area (Å²) < 4.78 is 15.8. The Hall–Kier alpha value is -0.160. The molecule has 0 amide bonds. The van der Waals surface area contributed by atoms with E-state index in [-0.39, 0.29) is 0 Å². The van der Waals surface area contributed by atoms with Gasteiger partial charge in [-0.05, 0) is 38.3 Å². The Morgan fingerprint density at radius 3 is 2.17 bits per heavy atom. The molecular weight excluding hydrogens is 230 g/mol. The lowest BCUT2D eigenvalue weighted by Crippen LogP contribution is -2.20. The van der Waals surface area contributed by atoms with Crippen molar-refractivity contribution < 1.29 is 14.2 Å². The number of rotatable bonds is 14. The average molecular weight is 261 g/mol. The summed E-state index contributed by atoms with van der Waals surface area (Å²) in [5.41, 5.74) is 0. The Bertz CT molecular complexity index is 154. The zero-order chi connectivity index (χ0) is 13.5. The molecule has 0 aliphatic rings. The van der Waals surface area contributed by atoms with Crippen molar-refractivity contribution in [3.63, 3.8) is 0 Å². The van der Waals surface area contributed by atoms with E-state index in [4.69, 9.17) is 14.2 Å². The highest BCUT2D eigenvalue weighted by Gasteiger charge is 1.94. The topological polar surface area (TPSA) is 39.7 Å². The monoisotopic (exact) mass is 261 g/mol. The molecule has 0 unspecified atom stereocenters. The van der Waals surface area contributed by atoms with E-state index in [1.165, 1.54) is 6.42 Å². The molecule has 1 N–H and O–H groups in total. The van der Waals surface area contributed by atoms with Crippen molar-refractivity contribution in [1.82, 2.24) is 5.32 Å². The van der Waals surface area contributed by atoms with E-state index in [9.17, 15) is 0 Å². The number of nitrogens with one attached hydrogen (secondary N) is 1. The standard InChI is InChI=1S/C14H31NO3/c1-14(2)13-15-7-4-5-8-17-9-6-10-18-12-11-16-3/h14-15H,4-13H2,1-3H3. The lowest BCUT2D eigenvalue weighted by molar-refractivity contribution is 0.0509. The summed E-state index contributed by atoms with van der Waals surface area (Å²) in [4.78, 5) is 0. The molecule has 0 aliphatic heterocycles. The second-order valence-corrected chi connectivity index (χ2v) is 4.88. The van der Waals surface area contributed by atoms with Crippen molar-refractivity contribution in [2.45, 2.75) is 33.1 Å². The molecule has 0 heterocycles. The quantitative estimate of drug-likeness (QED) is 0.486. The zero-order valence-electron chi connectivity index (χ0n) is 12.4. The molecule has 0 spiro atoms. The minimum absolute atomic E-state index is 0.671. The van der Waals surface area contributed by atoms with Crippen LogP contribution in [-0.2, 0) is 14.2 Å². The van der Waals surface area contributed by atoms with Gasteiger partial charge in [-0.3, -0.25) is 0 Å². The van der Waals surface area contributed by atoms with Crippen LogP contribution in [0.15, 0.2) is 0 Å². The van der Waals surface area contributed by atoms with Crippen LogP contribution in [0.25, 0.3) is 0 Å². The second-order valence-electron chi connectivity index (χ2n) is 4.88. The maximum Gasteiger partial charge on any atom is 0.0700 e. The zero-order valence-corrected chi connectivity index (χ0v) is 12.4. The van der Waals surface area contributed by atoms with Crippen LogP contribution in [0.2, 0.25) is 0 Å². The van der Waals surface area contributed by atoms with E-state index >= 15 is 0 Å². The number of methoxy groups -OCH3 is 1. The third-order valence-corrected chi connectivity index (χ3v) is 2.45. The Morgan fingerprint density at radius 2 is 1.50 bits per heavy atom. The first-order valence-electron chi connectivity index (χ1n) is 7.12. The van der Waals surface area contributed by atoms with Gasteiger partial charge in [0.2, 0.25) is 0 Å². The van der Waals surface area contributed by atoms with Gasteiger partial charge in [-0.15, -0.1) is 0 Å². The van der Waals surface area contributed by atoms with E-state index in [0.717, 1.165) is 51.7 Å². The summed E-state index contributed by atoms with van der Waals surface area (Å²) in [6, 6.07) is 0. The maximum absolute atomic E-state index is 5.53. The highest BCUT2D eigenvalue weighted by atomic mass is 16.5. The smallest absolute Gasteiger partial charge is 0.0700 e. The number of hydrogen-bond donors (Lipinski definition) is 1. The van der Waals surface area contributed by atoms with Crippen molar-refractivity contribution in [1.29, 1.82) is 0 Å². The van der Waals surface area contributed by atoms with E-state index in [0.29, 0.717) is 13.2 Å². The molecule has 0 aromatic heterocycles. The SMILES string of the molecule is COCCOCCCOCCCCNCC(C)C. The van der Waals surface area contributed by atoms with E-state index in [1.54, 1.807) is 7.11 Å². The van der Waals surface area contributed by atoms with Crippen LogP contribution in [0.4, 0.5) is 0 Å². The van der Waals surface area contributed by atoms with Crippen molar-refractivity contribution >= 4 is 0 Å². The number of hydrogen-bond acceptors (Lipinski definition) is 4. The Balaban J connectivity index is 2.90. The average Bonchev–Trinajstić information content (AvgIpc) is 2.34. The van der Waals surface area contributed by atoms with Gasteiger partial charge in [0, 0.05) is 26.9 Å². The highest BCUT2D eigenvalue weighted by molar-refractivity contribution is 4.51. The molecule has 0 rings (SSSR count). The van der Waals surface area contributed by atoms with Crippen LogP contribution in [-0.4, -0.2) is 53.2 Å². The van der Waals surface area contributed by atoms with E-state index in [2.05, 4.69) is 19.2 Å². The van der Waals surface area contributed by atoms with Gasteiger partial charge in [0.15, 0.2) is 0 Å². The molecule has 0 atom stereocenters. The molecule has 110 valence electrons. The van der Waals surface area contributed by atoms with Crippen molar-refractivity contribution in [2.75, 3.05) is 53.2 Å². The summed E-state index contributed by atoms with van der Waals surface area (Å²) in [6.45, 7) is 10.4. The molecule has 0 saturated heterocycles. The van der Waals surface area contributed by atoms with Gasteiger partial charge in [0.05, 0.1) is 13.2 Å². The lowest BCUT2D eigenvalue weighted by Gasteiger charge is -2.07. The number of unbranched alkanes of at least 4 members (excludes halogenated alkanes) is 1. The first-order valence-corrected chi connectivity index (χ1v) is 7.12. The molecular formula is C14H31NO3. The molecule has 4 nitrogen and oxygen atoms in total. The van der Waals surface area contributed by atoms with Gasteiger partial charge >= 0.3 is 0 Å². The molecule has 0 aliphatic carbocycles. The van der Waals surface area contributed by atoms with Crippen LogP contribution in [0.3, 0.4) is 0 Å². The van der Waals surface area contributed by atoms with Crippen molar-refractivity contribution in [2.24, 2.45) is 5.92 Å². The Labute approximate surface area is 112 Å². The fraction of sp³-hybridized carbons (Fsp3) is 1.00. The second kappa shape index (κ2) is 14.9. The van der Waals surface area contributed by atoms with Gasteiger partial charge in [0.1, 0.15) is 0 Å². The largest absolute Gasteiger partial charge is 0.382 e. The summed E-state index contributed by atoms with van der Waals surface area (Å²) in [5, 5.41) is 3.43. The molecule has 0 bridgehead atoms. The lowest BCUT2D eigenvalue weighted by atomic mass is 10.2. The summed E-state index contributed by atoms with van der Waals surface area (Å²) >= 11 is 0. The first-order chi connectivity index (χ1) is 8.77. The van der Waals surface area contributed by atoms with Gasteiger partial charge in [-0.2, -0.15) is 0 Å². The minimum atomic E-state index is 0.671. The Kier molecular flexibility index (Phi) is 14.8. The molecule has 0 fully saturated rings. The number of ether oxygens (including phenoxy) is 3. The third-order valence-electron chi connectivity index (χ3n) is 2.45. The van der Waals surface area contributed by atoms with Gasteiger partial charge in [-0.25, -0.2) is 0 Å². The van der Waals surface area contributed by atoms with Gasteiger partial charge in [-0.1, -0.05) is 13.8 Å². The molecule has 4 heteroatoms. The van der Waals surface area contributed by atoms with E-state index in [1.807, 2.05) is 0 Å². The Morgan fingerprint density at radius 1 is 0.833 bits per heavy atom. The molecule has 0 saturated carbocycles. The fourth-order valence-corrected chi connectivity index (χ4v) is 1.45. The maximum atomic E-state index is 5.53. The van der Waals surface area contributed by atoms with Crippen molar-refractivity contribution in [3.05, 3.63) is 0 Å². The predicted molar refractivity (Wildman–Crippen MR) is 75.1 cm³/mol. The summed E-state index contributed by atoms with van der Waals surface area (Å²) in [6.07, 6.45) is 3.29. The van der Waals surface area contributed by atoms with Crippen molar-refractivity contribution in [3.8, 4) is 0 Å². The van der Waals surface area contributed by atoms with Gasteiger partial charge in [0.25, 0.3) is 0 Å². The predicted octanol–water partition coefficient (Wildman–Crippen LogP) is 2.08.